The molecule has 1 aromatic carbocycles. The van der Waals surface area contributed by atoms with Gasteiger partial charge in [0.25, 0.3) is 0 Å². The highest BCUT2D eigenvalue weighted by molar-refractivity contribution is 9.10. The van der Waals surface area contributed by atoms with Crippen LogP contribution in [0.1, 0.15) is 21.4 Å². The molecule has 1 heterocycles. The van der Waals surface area contributed by atoms with E-state index in [4.69, 9.17) is 4.74 Å². The van der Waals surface area contributed by atoms with E-state index in [1.807, 2.05) is 13.0 Å². The number of thiophene rings is 1. The smallest absolute Gasteiger partial charge is 0.165 e. The highest BCUT2D eigenvalue weighted by Gasteiger charge is 2.18. The van der Waals surface area contributed by atoms with Crippen LogP contribution in [0.15, 0.2) is 28.7 Å². The second-order valence-electron chi connectivity index (χ2n) is 3.87. The number of halogens is 2. The number of hydrogen-bond acceptors (Lipinski definition) is 3. The van der Waals surface area contributed by atoms with E-state index >= 15 is 0 Å². The molecule has 2 rings (SSSR count). The van der Waals surface area contributed by atoms with Crippen LogP contribution >= 0.6 is 27.3 Å². The summed E-state index contributed by atoms with van der Waals surface area (Å²) in [6, 6.07) is 6.41. The molecule has 0 fully saturated rings. The highest BCUT2D eigenvalue weighted by Crippen LogP contribution is 2.36. The molecule has 0 aliphatic heterocycles. The maximum atomic E-state index is 13.6. The largest absolute Gasteiger partial charge is 0.494 e. The predicted molar refractivity (Wildman–Crippen MR) is 73.8 cm³/mol. The number of rotatable bonds is 3. The summed E-state index contributed by atoms with van der Waals surface area (Å²) in [6.45, 7) is 1.96. The summed E-state index contributed by atoms with van der Waals surface area (Å²) in [5, 5.41) is 10.2. The summed E-state index contributed by atoms with van der Waals surface area (Å²) in [4.78, 5) is 1.86. The summed E-state index contributed by atoms with van der Waals surface area (Å²) in [5.74, 6) is -0.300. The van der Waals surface area contributed by atoms with Crippen molar-refractivity contribution in [1.82, 2.24) is 0 Å². The van der Waals surface area contributed by atoms with Crippen molar-refractivity contribution in [3.8, 4) is 5.75 Å². The maximum absolute atomic E-state index is 13.6. The Hall–Kier alpha value is -0.910. The molecule has 0 saturated carbocycles. The first kappa shape index (κ1) is 13.5. The molecule has 0 spiro atoms. The molecular weight excluding hydrogens is 319 g/mol. The number of ether oxygens (including phenoxy) is 1. The molecule has 1 aromatic heterocycles. The van der Waals surface area contributed by atoms with E-state index in [2.05, 4.69) is 15.9 Å². The zero-order valence-corrected chi connectivity index (χ0v) is 12.3. The van der Waals surface area contributed by atoms with Gasteiger partial charge >= 0.3 is 0 Å². The average molecular weight is 331 g/mol. The maximum Gasteiger partial charge on any atom is 0.165 e. The fraction of sp³-hybridized carbons (Fsp3) is 0.231. The highest BCUT2D eigenvalue weighted by atomic mass is 79.9. The lowest BCUT2D eigenvalue weighted by Gasteiger charge is -2.11. The molecule has 18 heavy (non-hydrogen) atoms. The van der Waals surface area contributed by atoms with E-state index in [1.165, 1.54) is 30.6 Å². The van der Waals surface area contributed by atoms with Crippen molar-refractivity contribution in [2.75, 3.05) is 7.11 Å². The third-order valence-corrected chi connectivity index (χ3v) is 4.60. The monoisotopic (exact) mass is 330 g/mol. The molecule has 2 nitrogen and oxygen atoms in total. The number of benzene rings is 1. The Morgan fingerprint density at radius 2 is 2.11 bits per heavy atom. The van der Waals surface area contributed by atoms with Gasteiger partial charge in [0, 0.05) is 9.35 Å². The Bertz CT molecular complexity index is 568. The van der Waals surface area contributed by atoms with Gasteiger partial charge in [-0.15, -0.1) is 11.3 Å². The Balaban J connectivity index is 2.37. The molecule has 96 valence electrons. The molecular formula is C13H12BrFO2S. The third kappa shape index (κ3) is 2.58. The minimum Gasteiger partial charge on any atom is -0.494 e. The second kappa shape index (κ2) is 5.38. The Morgan fingerprint density at radius 1 is 1.39 bits per heavy atom. The van der Waals surface area contributed by atoms with Crippen molar-refractivity contribution >= 4 is 27.3 Å². The van der Waals surface area contributed by atoms with Crippen LogP contribution in [-0.2, 0) is 0 Å². The van der Waals surface area contributed by atoms with Gasteiger partial charge in [0.2, 0.25) is 0 Å². The van der Waals surface area contributed by atoms with E-state index in [1.54, 1.807) is 6.07 Å². The van der Waals surface area contributed by atoms with Crippen LogP contribution in [0.4, 0.5) is 4.39 Å². The van der Waals surface area contributed by atoms with Crippen molar-refractivity contribution in [2.24, 2.45) is 0 Å². The minimum absolute atomic E-state index is 0.173. The van der Waals surface area contributed by atoms with Gasteiger partial charge < -0.3 is 9.84 Å². The van der Waals surface area contributed by atoms with Crippen molar-refractivity contribution in [3.63, 3.8) is 0 Å². The summed E-state index contributed by atoms with van der Waals surface area (Å²) >= 11 is 4.88. The van der Waals surface area contributed by atoms with Gasteiger partial charge in [0.15, 0.2) is 11.6 Å². The van der Waals surface area contributed by atoms with Crippen molar-refractivity contribution in [2.45, 2.75) is 13.0 Å². The summed E-state index contributed by atoms with van der Waals surface area (Å²) in [6.07, 6.45) is -0.835. The first-order valence-corrected chi connectivity index (χ1v) is 6.91. The predicted octanol–water partition coefficient (Wildman–Crippen LogP) is 4.05. The van der Waals surface area contributed by atoms with Gasteiger partial charge in [-0.05, 0) is 46.6 Å². The molecule has 0 saturated heterocycles. The van der Waals surface area contributed by atoms with Crippen molar-refractivity contribution in [3.05, 3.63) is 49.9 Å². The molecule has 5 heteroatoms. The van der Waals surface area contributed by atoms with Crippen molar-refractivity contribution < 1.29 is 14.2 Å². The lowest BCUT2D eigenvalue weighted by atomic mass is 10.1. The molecule has 1 atom stereocenters. The van der Waals surface area contributed by atoms with Gasteiger partial charge in [0.05, 0.1) is 12.0 Å². The standard InChI is InChI=1S/C13H12BrFO2S/c1-7-5-9(14)13(18-7)12(16)8-3-4-11(17-2)10(15)6-8/h3-6,12,16H,1-2H3. The van der Waals surface area contributed by atoms with Gasteiger partial charge in [-0.3, -0.25) is 0 Å². The lowest BCUT2D eigenvalue weighted by molar-refractivity contribution is 0.222. The number of methoxy groups -OCH3 is 1. The Kier molecular flexibility index (Phi) is 4.04. The lowest BCUT2D eigenvalue weighted by Crippen LogP contribution is -1.99. The molecule has 0 amide bonds. The van der Waals surface area contributed by atoms with E-state index < -0.39 is 11.9 Å². The van der Waals surface area contributed by atoms with Crippen molar-refractivity contribution in [1.29, 1.82) is 0 Å². The summed E-state index contributed by atoms with van der Waals surface area (Å²) < 4.78 is 19.3. The SMILES string of the molecule is COc1ccc(C(O)c2sc(C)cc2Br)cc1F. The quantitative estimate of drug-likeness (QED) is 0.919. The molecule has 2 aromatic rings. The van der Waals surface area contributed by atoms with Gasteiger partial charge in [-0.25, -0.2) is 4.39 Å². The topological polar surface area (TPSA) is 29.5 Å². The number of aryl methyl sites for hydroxylation is 1. The van der Waals surface area contributed by atoms with Crippen LogP contribution in [0.3, 0.4) is 0 Å². The Morgan fingerprint density at radius 3 is 2.61 bits per heavy atom. The van der Waals surface area contributed by atoms with Gasteiger partial charge in [-0.1, -0.05) is 6.07 Å². The van der Waals surface area contributed by atoms with E-state index in [0.29, 0.717) is 5.56 Å². The van der Waals surface area contributed by atoms with Crippen LogP contribution in [0.5, 0.6) is 5.75 Å². The van der Waals surface area contributed by atoms with Gasteiger partial charge in [0.1, 0.15) is 6.10 Å². The van der Waals surface area contributed by atoms with E-state index in [0.717, 1.165) is 14.2 Å². The normalized spacial score (nSPS) is 12.5. The molecule has 1 N–H and O–H groups in total. The first-order chi connectivity index (χ1) is 8.52. The number of hydrogen-bond donors (Lipinski definition) is 1. The number of aliphatic hydroxyl groups excluding tert-OH is 1. The van der Waals surface area contributed by atoms with Crippen LogP contribution in [0.25, 0.3) is 0 Å². The van der Waals surface area contributed by atoms with E-state index in [-0.39, 0.29) is 5.75 Å². The third-order valence-electron chi connectivity index (χ3n) is 2.58. The molecule has 0 aliphatic rings. The molecule has 0 bridgehead atoms. The minimum atomic E-state index is -0.835. The molecule has 0 radical (unpaired) electrons. The van der Waals surface area contributed by atoms with Gasteiger partial charge in [-0.2, -0.15) is 0 Å². The Labute approximate surface area is 117 Å². The fourth-order valence-corrected chi connectivity index (χ4v) is 3.57. The summed E-state index contributed by atoms with van der Waals surface area (Å²) in [7, 11) is 1.41. The van der Waals surface area contributed by atoms with Crippen LogP contribution in [-0.4, -0.2) is 12.2 Å². The molecule has 1 unspecified atom stereocenters. The molecule has 0 aliphatic carbocycles. The zero-order valence-electron chi connectivity index (χ0n) is 9.91. The van der Waals surface area contributed by atoms with E-state index in [9.17, 15) is 9.50 Å². The van der Waals surface area contributed by atoms with Crippen LogP contribution in [0, 0.1) is 12.7 Å². The average Bonchev–Trinajstić information content (AvgIpc) is 2.67. The van der Waals surface area contributed by atoms with Crippen LogP contribution < -0.4 is 4.74 Å². The fourth-order valence-electron chi connectivity index (χ4n) is 1.69. The van der Waals surface area contributed by atoms with Crippen LogP contribution in [0.2, 0.25) is 0 Å². The zero-order chi connectivity index (χ0) is 13.3. The second-order valence-corrected chi connectivity index (χ2v) is 6.01. The number of aliphatic hydroxyl groups is 1. The summed E-state index contributed by atoms with van der Waals surface area (Å²) in [5.41, 5.74) is 0.510. The first-order valence-electron chi connectivity index (χ1n) is 5.30.